The minimum absolute atomic E-state index is 0.00916. The number of non-ortho nitro benzene ring substituents is 1. The first-order chi connectivity index (χ1) is 13.4. The molecule has 0 saturated carbocycles. The van der Waals surface area contributed by atoms with E-state index in [1.165, 1.54) is 12.1 Å². The van der Waals surface area contributed by atoms with Crippen molar-refractivity contribution in [2.24, 2.45) is 10.2 Å². The van der Waals surface area contributed by atoms with Gasteiger partial charge in [0.1, 0.15) is 0 Å². The third kappa shape index (κ3) is 6.01. The lowest BCUT2D eigenvalue weighted by Crippen LogP contribution is -2.24. The molecule has 0 bridgehead atoms. The number of aliphatic carboxylic acids is 1. The summed E-state index contributed by atoms with van der Waals surface area (Å²) in [5.41, 5.74) is 2.44. The minimum atomic E-state index is -0.953. The first-order valence-corrected chi connectivity index (χ1v) is 8.83. The predicted molar refractivity (Wildman–Crippen MR) is 108 cm³/mol. The van der Waals surface area contributed by atoms with Gasteiger partial charge >= 0.3 is 5.97 Å². The fourth-order valence-corrected chi connectivity index (χ4v) is 2.55. The summed E-state index contributed by atoms with van der Waals surface area (Å²) in [5.74, 6) is -0.953. The van der Waals surface area contributed by atoms with Gasteiger partial charge in [-0.1, -0.05) is 6.58 Å². The average Bonchev–Trinajstić information content (AvgIpc) is 2.70. The highest BCUT2D eigenvalue weighted by Gasteiger charge is 2.08. The van der Waals surface area contributed by atoms with Crippen LogP contribution < -0.4 is 4.90 Å². The molecule has 0 aliphatic heterocycles. The van der Waals surface area contributed by atoms with Crippen LogP contribution in [0.2, 0.25) is 0 Å². The molecular formula is C20H22N4O4. The van der Waals surface area contributed by atoms with Crippen LogP contribution in [-0.4, -0.2) is 29.1 Å². The van der Waals surface area contributed by atoms with Crippen LogP contribution in [0.4, 0.5) is 22.7 Å². The Kier molecular flexibility index (Phi) is 7.38. The van der Waals surface area contributed by atoms with E-state index >= 15 is 0 Å². The molecule has 0 amide bonds. The fourth-order valence-electron chi connectivity index (χ4n) is 2.55. The molecule has 0 fully saturated rings. The maximum Gasteiger partial charge on any atom is 0.330 e. The van der Waals surface area contributed by atoms with Crippen LogP contribution in [0.15, 0.2) is 70.9 Å². The lowest BCUT2D eigenvalue weighted by molar-refractivity contribution is -0.384. The molecule has 2 aromatic carbocycles. The van der Waals surface area contributed by atoms with Crippen molar-refractivity contribution in [2.45, 2.75) is 19.8 Å². The second kappa shape index (κ2) is 9.96. The zero-order valence-corrected chi connectivity index (χ0v) is 15.6. The van der Waals surface area contributed by atoms with Crippen molar-refractivity contribution in [3.8, 4) is 0 Å². The summed E-state index contributed by atoms with van der Waals surface area (Å²) in [6.45, 7) is 7.11. The van der Waals surface area contributed by atoms with Crippen molar-refractivity contribution in [2.75, 3.05) is 18.0 Å². The molecule has 1 N–H and O–H groups in total. The predicted octanol–water partition coefficient (Wildman–Crippen LogP) is 5.26. The van der Waals surface area contributed by atoms with Crippen LogP contribution in [0, 0.1) is 10.1 Å². The van der Waals surface area contributed by atoms with Gasteiger partial charge in [-0.25, -0.2) is 4.79 Å². The lowest BCUT2D eigenvalue weighted by Gasteiger charge is -2.23. The molecule has 8 nitrogen and oxygen atoms in total. The SMILES string of the molecule is C=C(CCCN(CC)c1ccc(N=Nc2ccc([N+](=O)[O-])cc2)cc1)C(=O)O. The maximum atomic E-state index is 10.8. The van der Waals surface area contributed by atoms with E-state index < -0.39 is 10.9 Å². The summed E-state index contributed by atoms with van der Waals surface area (Å²) < 4.78 is 0. The summed E-state index contributed by atoms with van der Waals surface area (Å²) in [4.78, 5) is 23.1. The summed E-state index contributed by atoms with van der Waals surface area (Å²) in [5, 5.41) is 27.7. The van der Waals surface area contributed by atoms with Crippen molar-refractivity contribution in [1.82, 2.24) is 0 Å². The van der Waals surface area contributed by atoms with Crippen molar-refractivity contribution in [1.29, 1.82) is 0 Å². The highest BCUT2D eigenvalue weighted by Crippen LogP contribution is 2.24. The highest BCUT2D eigenvalue weighted by molar-refractivity contribution is 5.85. The summed E-state index contributed by atoms with van der Waals surface area (Å²) in [6, 6.07) is 13.4. The third-order valence-corrected chi connectivity index (χ3v) is 4.15. The van der Waals surface area contributed by atoms with Gasteiger partial charge in [0.05, 0.1) is 16.3 Å². The Bertz CT molecular complexity index is 861. The molecule has 0 aliphatic rings. The summed E-state index contributed by atoms with van der Waals surface area (Å²) >= 11 is 0. The smallest absolute Gasteiger partial charge is 0.330 e. The van der Waals surface area contributed by atoms with E-state index in [2.05, 4.69) is 21.7 Å². The monoisotopic (exact) mass is 382 g/mol. The van der Waals surface area contributed by atoms with Crippen LogP contribution in [0.25, 0.3) is 0 Å². The maximum absolute atomic E-state index is 10.8. The highest BCUT2D eigenvalue weighted by atomic mass is 16.6. The Hall–Kier alpha value is -3.55. The molecule has 2 rings (SSSR count). The van der Waals surface area contributed by atoms with Gasteiger partial charge in [0.2, 0.25) is 0 Å². The topological polar surface area (TPSA) is 108 Å². The number of rotatable bonds is 10. The molecule has 146 valence electrons. The Balaban J connectivity index is 1.96. The molecule has 28 heavy (non-hydrogen) atoms. The second-order valence-electron chi connectivity index (χ2n) is 6.08. The van der Waals surface area contributed by atoms with E-state index in [4.69, 9.17) is 5.11 Å². The standard InChI is InChI=1S/C20H22N4O4/c1-3-23(14-4-5-15(2)20(25)26)18-10-6-16(7-11-18)21-22-17-8-12-19(13-9-17)24(27)28/h6-13H,2-5,14H2,1H3,(H,25,26). The molecule has 0 aromatic heterocycles. The molecular weight excluding hydrogens is 360 g/mol. The zero-order chi connectivity index (χ0) is 20.5. The zero-order valence-electron chi connectivity index (χ0n) is 15.6. The number of carbonyl (C=O) groups is 1. The molecule has 0 heterocycles. The number of carboxylic acids is 1. The average molecular weight is 382 g/mol. The number of carboxylic acid groups (broad SMARTS) is 1. The van der Waals surface area contributed by atoms with Crippen molar-refractivity contribution in [3.05, 3.63) is 70.8 Å². The normalized spacial score (nSPS) is 10.8. The van der Waals surface area contributed by atoms with Crippen LogP contribution >= 0.6 is 0 Å². The number of benzene rings is 2. The molecule has 2 aromatic rings. The molecule has 0 radical (unpaired) electrons. The largest absolute Gasteiger partial charge is 0.478 e. The Morgan fingerprint density at radius 1 is 1.11 bits per heavy atom. The number of nitro benzene ring substituents is 1. The van der Waals surface area contributed by atoms with Gasteiger partial charge in [0.25, 0.3) is 5.69 Å². The van der Waals surface area contributed by atoms with E-state index in [0.717, 1.165) is 18.8 Å². The van der Waals surface area contributed by atoms with Crippen molar-refractivity contribution < 1.29 is 14.8 Å². The van der Waals surface area contributed by atoms with E-state index in [0.29, 0.717) is 24.2 Å². The Labute approximate surface area is 163 Å². The van der Waals surface area contributed by atoms with Gasteiger partial charge < -0.3 is 10.0 Å². The first kappa shape index (κ1) is 20.8. The quantitative estimate of drug-likeness (QED) is 0.261. The minimum Gasteiger partial charge on any atom is -0.478 e. The molecule has 8 heteroatoms. The number of hydrogen-bond donors (Lipinski definition) is 1. The number of azo groups is 1. The third-order valence-electron chi connectivity index (χ3n) is 4.15. The fraction of sp³-hybridized carbons (Fsp3) is 0.250. The first-order valence-electron chi connectivity index (χ1n) is 8.83. The van der Waals surface area contributed by atoms with E-state index in [1.807, 2.05) is 31.2 Å². The number of hydrogen-bond acceptors (Lipinski definition) is 6. The van der Waals surface area contributed by atoms with Crippen LogP contribution in [0.3, 0.4) is 0 Å². The van der Waals surface area contributed by atoms with Gasteiger partial charge in [0.15, 0.2) is 0 Å². The number of nitro groups is 1. The Morgan fingerprint density at radius 3 is 2.11 bits per heavy atom. The molecule has 0 spiro atoms. The second-order valence-corrected chi connectivity index (χ2v) is 6.08. The van der Waals surface area contributed by atoms with Crippen molar-refractivity contribution >= 4 is 28.7 Å². The van der Waals surface area contributed by atoms with E-state index in [9.17, 15) is 14.9 Å². The summed E-state index contributed by atoms with van der Waals surface area (Å²) in [6.07, 6.45) is 1.16. The van der Waals surface area contributed by atoms with E-state index in [-0.39, 0.29) is 11.3 Å². The molecule has 0 atom stereocenters. The van der Waals surface area contributed by atoms with Crippen LogP contribution in [0.1, 0.15) is 19.8 Å². The van der Waals surface area contributed by atoms with Crippen LogP contribution in [-0.2, 0) is 4.79 Å². The molecule has 0 aliphatic carbocycles. The molecule has 0 saturated heterocycles. The van der Waals surface area contributed by atoms with Gasteiger partial charge in [-0.2, -0.15) is 10.2 Å². The van der Waals surface area contributed by atoms with Gasteiger partial charge in [-0.05, 0) is 56.2 Å². The molecule has 0 unspecified atom stereocenters. The number of nitrogens with zero attached hydrogens (tertiary/aromatic N) is 4. The van der Waals surface area contributed by atoms with Crippen molar-refractivity contribution in [3.63, 3.8) is 0 Å². The number of anilines is 1. The Morgan fingerprint density at radius 2 is 1.64 bits per heavy atom. The summed E-state index contributed by atoms with van der Waals surface area (Å²) in [7, 11) is 0. The lowest BCUT2D eigenvalue weighted by atomic mass is 10.1. The van der Waals surface area contributed by atoms with Gasteiger partial charge in [-0.3, -0.25) is 10.1 Å². The van der Waals surface area contributed by atoms with Gasteiger partial charge in [0, 0.05) is 36.5 Å². The van der Waals surface area contributed by atoms with Gasteiger partial charge in [-0.15, -0.1) is 0 Å². The van der Waals surface area contributed by atoms with E-state index in [1.54, 1.807) is 12.1 Å². The van der Waals surface area contributed by atoms with Crippen LogP contribution in [0.5, 0.6) is 0 Å².